The molecule has 0 spiro atoms. The summed E-state index contributed by atoms with van der Waals surface area (Å²) < 4.78 is 6.96. The first kappa shape index (κ1) is 24.2. The Kier molecular flexibility index (Phi) is 5.07. The van der Waals surface area contributed by atoms with Gasteiger partial charge in [-0.05, 0) is 52.9 Å². The van der Waals surface area contributed by atoms with Crippen molar-refractivity contribution in [3.8, 4) is 22.9 Å². The Balaban J connectivity index is 1.43. The lowest BCUT2D eigenvalue weighted by Crippen LogP contribution is -1.94. The lowest BCUT2D eigenvalue weighted by molar-refractivity contribution is 1.20. The van der Waals surface area contributed by atoms with Crippen LogP contribution in [0.15, 0.2) is 115 Å². The summed E-state index contributed by atoms with van der Waals surface area (Å²) >= 11 is 3.51. The van der Waals surface area contributed by atoms with Crippen LogP contribution >= 0.6 is 22.7 Å². The van der Waals surface area contributed by atoms with E-state index >= 15 is 0 Å². The maximum atomic E-state index is 9.74. The van der Waals surface area contributed by atoms with Gasteiger partial charge < -0.3 is 4.57 Å². The number of benzene rings is 6. The third-order valence-electron chi connectivity index (χ3n) is 8.46. The van der Waals surface area contributed by atoms with Crippen molar-refractivity contribution in [1.29, 1.82) is 5.26 Å². The van der Waals surface area contributed by atoms with Gasteiger partial charge in [-0.3, -0.25) is 0 Å². The van der Waals surface area contributed by atoms with Crippen molar-refractivity contribution in [2.45, 2.75) is 0 Å². The Morgan fingerprint density at radius 2 is 1.35 bits per heavy atom. The van der Waals surface area contributed by atoms with Crippen LogP contribution in [0.3, 0.4) is 0 Å². The van der Waals surface area contributed by atoms with Gasteiger partial charge in [-0.2, -0.15) is 5.26 Å². The Morgan fingerprint density at radius 1 is 0.605 bits per heavy atom. The summed E-state index contributed by atoms with van der Waals surface area (Å²) in [5, 5.41) is 16.8. The van der Waals surface area contributed by atoms with E-state index in [1.807, 2.05) is 29.5 Å². The monoisotopic (exact) mass is 581 g/mol. The Labute approximate surface area is 254 Å². The highest BCUT2D eigenvalue weighted by Crippen LogP contribution is 2.49. The summed E-state index contributed by atoms with van der Waals surface area (Å²) in [6, 6.07) is 42.4. The molecule has 5 heteroatoms. The Bertz CT molecular complexity index is 2710. The normalized spacial score (nSPS) is 11.7. The van der Waals surface area contributed by atoms with E-state index in [0.29, 0.717) is 11.3 Å². The smallest absolute Gasteiger partial charge is 0.204 e. The SMILES string of the molecule is [C-]#[N+]c1ccc(-c2cccc3sc4ccccc4c23)c2c1sc1c(-n3c4ccccc4c4ccc(C#N)cc43)cccc12. The largest absolute Gasteiger partial charge is 0.308 e. The zero-order chi connectivity index (χ0) is 28.7. The summed E-state index contributed by atoms with van der Waals surface area (Å²) in [5.74, 6) is 0. The minimum absolute atomic E-state index is 0.633. The summed E-state index contributed by atoms with van der Waals surface area (Å²) in [7, 11) is 0. The number of thiophene rings is 2. The summed E-state index contributed by atoms with van der Waals surface area (Å²) in [6.07, 6.45) is 0. The molecular formula is C38H19N3S2. The summed E-state index contributed by atoms with van der Waals surface area (Å²) in [6.45, 7) is 8.04. The minimum Gasteiger partial charge on any atom is -0.308 e. The molecule has 0 N–H and O–H groups in total. The van der Waals surface area contributed by atoms with Crippen molar-refractivity contribution in [3.63, 3.8) is 0 Å². The summed E-state index contributed by atoms with van der Waals surface area (Å²) in [5.41, 5.74) is 6.80. The minimum atomic E-state index is 0.633. The van der Waals surface area contributed by atoms with Crippen molar-refractivity contribution in [3.05, 3.63) is 132 Å². The average molecular weight is 582 g/mol. The van der Waals surface area contributed by atoms with Gasteiger partial charge in [-0.25, -0.2) is 4.85 Å². The van der Waals surface area contributed by atoms with Crippen molar-refractivity contribution >= 4 is 90.5 Å². The molecule has 0 amide bonds. The third kappa shape index (κ3) is 3.32. The number of rotatable bonds is 2. The maximum absolute atomic E-state index is 9.74. The number of para-hydroxylation sites is 1. The Morgan fingerprint density at radius 3 is 2.23 bits per heavy atom. The maximum Gasteiger partial charge on any atom is 0.204 e. The van der Waals surface area contributed by atoms with Gasteiger partial charge in [-0.15, -0.1) is 22.7 Å². The van der Waals surface area contributed by atoms with Gasteiger partial charge in [0.1, 0.15) is 0 Å². The molecule has 0 atom stereocenters. The number of nitriles is 1. The number of nitrogens with zero attached hydrogens (tertiary/aromatic N) is 3. The first-order valence-corrected chi connectivity index (χ1v) is 15.6. The van der Waals surface area contributed by atoms with Gasteiger partial charge in [0.25, 0.3) is 0 Å². The van der Waals surface area contributed by atoms with Gasteiger partial charge >= 0.3 is 0 Å². The number of hydrogen-bond donors (Lipinski definition) is 0. The van der Waals surface area contributed by atoms with Gasteiger partial charge in [-0.1, -0.05) is 78.9 Å². The van der Waals surface area contributed by atoms with Crippen molar-refractivity contribution < 1.29 is 0 Å². The highest BCUT2D eigenvalue weighted by atomic mass is 32.1. The van der Waals surface area contributed by atoms with Gasteiger partial charge in [0.05, 0.1) is 39.6 Å². The molecule has 0 aliphatic rings. The molecular weight excluding hydrogens is 563 g/mol. The number of aromatic nitrogens is 1. The molecule has 0 fully saturated rings. The van der Waals surface area contributed by atoms with Crippen LogP contribution in [-0.2, 0) is 0 Å². The fourth-order valence-electron chi connectivity index (χ4n) is 6.66. The first-order valence-electron chi connectivity index (χ1n) is 13.9. The quantitative estimate of drug-likeness (QED) is 0.187. The molecule has 0 unspecified atom stereocenters. The molecule has 6 aromatic carbocycles. The van der Waals surface area contributed by atoms with E-state index in [1.54, 1.807) is 11.3 Å². The molecule has 43 heavy (non-hydrogen) atoms. The zero-order valence-corrected chi connectivity index (χ0v) is 24.3. The van der Waals surface area contributed by atoms with E-state index in [9.17, 15) is 5.26 Å². The van der Waals surface area contributed by atoms with E-state index in [0.717, 1.165) is 53.2 Å². The zero-order valence-electron chi connectivity index (χ0n) is 22.6. The molecule has 0 aliphatic heterocycles. The number of hydrogen-bond acceptors (Lipinski definition) is 3. The molecule has 0 bridgehead atoms. The van der Waals surface area contributed by atoms with Crippen LogP contribution in [0.2, 0.25) is 0 Å². The fourth-order valence-corrected chi connectivity index (χ4v) is 9.08. The molecule has 3 nitrogen and oxygen atoms in total. The average Bonchev–Trinajstić information content (AvgIpc) is 3.74. The molecule has 3 heterocycles. The van der Waals surface area contributed by atoms with Gasteiger partial charge in [0, 0.05) is 41.0 Å². The molecule has 0 saturated heterocycles. The van der Waals surface area contributed by atoms with Gasteiger partial charge in [0.2, 0.25) is 5.69 Å². The highest BCUT2D eigenvalue weighted by Gasteiger charge is 2.21. The fraction of sp³-hybridized carbons (Fsp3) is 0. The van der Waals surface area contributed by atoms with Crippen molar-refractivity contribution in [2.75, 3.05) is 0 Å². The third-order valence-corrected chi connectivity index (χ3v) is 10.8. The van der Waals surface area contributed by atoms with Crippen LogP contribution in [0, 0.1) is 17.9 Å². The van der Waals surface area contributed by atoms with Crippen LogP contribution in [0.5, 0.6) is 0 Å². The molecule has 9 aromatic rings. The van der Waals surface area contributed by atoms with Crippen molar-refractivity contribution in [1.82, 2.24) is 4.57 Å². The van der Waals surface area contributed by atoms with E-state index in [-0.39, 0.29) is 0 Å². The van der Waals surface area contributed by atoms with E-state index in [2.05, 4.69) is 113 Å². The van der Waals surface area contributed by atoms with Crippen LogP contribution < -0.4 is 0 Å². The standard InChI is InChI=1S/C38H19N3S2/c1-40-29-19-18-26(25-10-7-15-34-35(25)27-9-3-5-14-33(27)42-34)36-28-11-6-13-31(37(28)43-38(29)36)41-30-12-4-2-8-23(30)24-17-16-22(21-39)20-32(24)41/h2-20H. The molecule has 9 rings (SSSR count). The first-order chi connectivity index (χ1) is 21.2. The van der Waals surface area contributed by atoms with E-state index < -0.39 is 0 Å². The van der Waals surface area contributed by atoms with Crippen LogP contribution in [0.25, 0.3) is 83.8 Å². The lowest BCUT2D eigenvalue weighted by Gasteiger charge is -2.10. The van der Waals surface area contributed by atoms with Gasteiger partial charge in [0.15, 0.2) is 0 Å². The Hall–Kier alpha value is -5.46. The predicted octanol–water partition coefficient (Wildman–Crippen LogP) is 11.6. The second kappa shape index (κ2) is 9.02. The molecule has 3 aromatic heterocycles. The molecule has 0 aliphatic carbocycles. The topological polar surface area (TPSA) is 33.1 Å². The highest BCUT2D eigenvalue weighted by molar-refractivity contribution is 7.27. The van der Waals surface area contributed by atoms with Crippen LogP contribution in [0.4, 0.5) is 5.69 Å². The molecule has 0 saturated carbocycles. The second-order valence-corrected chi connectivity index (χ2v) is 12.8. The van der Waals surface area contributed by atoms with E-state index in [1.165, 1.54) is 25.7 Å². The van der Waals surface area contributed by atoms with Crippen LogP contribution in [0.1, 0.15) is 5.56 Å². The number of fused-ring (bicyclic) bond motifs is 9. The second-order valence-electron chi connectivity index (χ2n) is 10.7. The molecule has 0 radical (unpaired) electrons. The van der Waals surface area contributed by atoms with Crippen molar-refractivity contribution in [2.24, 2.45) is 0 Å². The van der Waals surface area contributed by atoms with Crippen LogP contribution in [-0.4, -0.2) is 4.57 Å². The molecule has 198 valence electrons. The summed E-state index contributed by atoms with van der Waals surface area (Å²) in [4.78, 5) is 3.97. The van der Waals surface area contributed by atoms with E-state index in [4.69, 9.17) is 6.57 Å². The lowest BCUT2D eigenvalue weighted by atomic mass is 9.95. The predicted molar refractivity (Wildman–Crippen MR) is 183 cm³/mol.